The lowest BCUT2D eigenvalue weighted by Crippen LogP contribution is -2.10. The Morgan fingerprint density at radius 3 is 2.81 bits per heavy atom. The summed E-state index contributed by atoms with van der Waals surface area (Å²) in [5, 5.41) is 5.03. The molecule has 0 amide bonds. The maximum absolute atomic E-state index is 6.19. The van der Waals surface area contributed by atoms with Gasteiger partial charge in [0.1, 0.15) is 5.82 Å². The number of fused-ring (bicyclic) bond motifs is 1. The van der Waals surface area contributed by atoms with E-state index in [1.807, 2.05) is 30.3 Å². The summed E-state index contributed by atoms with van der Waals surface area (Å²) < 4.78 is 2.12. The minimum absolute atomic E-state index is 0.647. The standard InChI is InChI=1S/C20H18ClN5/c1-26-11-3-5-16(26)8-10-23-20-17-12-15(21)6-7-18(17)24-19(25-20)14-4-2-9-22-13-14/h2-7,9,11-13H,8,10H2,1H3,(H,23,24,25). The van der Waals surface area contributed by atoms with Crippen LogP contribution in [0.5, 0.6) is 0 Å². The van der Waals surface area contributed by atoms with E-state index in [0.717, 1.165) is 35.2 Å². The van der Waals surface area contributed by atoms with Crippen LogP contribution in [0.1, 0.15) is 5.69 Å². The van der Waals surface area contributed by atoms with Crippen LogP contribution >= 0.6 is 11.6 Å². The molecule has 0 atom stereocenters. The minimum Gasteiger partial charge on any atom is -0.369 e. The fourth-order valence-corrected chi connectivity index (χ4v) is 3.10. The van der Waals surface area contributed by atoms with Crippen LogP contribution in [0.4, 0.5) is 5.82 Å². The summed E-state index contributed by atoms with van der Waals surface area (Å²) in [5.41, 5.74) is 3.00. The van der Waals surface area contributed by atoms with E-state index < -0.39 is 0 Å². The van der Waals surface area contributed by atoms with Crippen molar-refractivity contribution in [2.75, 3.05) is 11.9 Å². The molecule has 0 aliphatic heterocycles. The predicted octanol–water partition coefficient (Wildman–Crippen LogP) is 4.34. The van der Waals surface area contributed by atoms with E-state index in [1.54, 1.807) is 12.4 Å². The predicted molar refractivity (Wildman–Crippen MR) is 105 cm³/mol. The number of benzene rings is 1. The largest absolute Gasteiger partial charge is 0.369 e. The first-order valence-corrected chi connectivity index (χ1v) is 8.80. The number of aromatic nitrogens is 4. The van der Waals surface area contributed by atoms with Crippen molar-refractivity contribution < 1.29 is 0 Å². The number of anilines is 1. The summed E-state index contributed by atoms with van der Waals surface area (Å²) in [6.07, 6.45) is 6.46. The molecule has 0 saturated carbocycles. The average Bonchev–Trinajstić information content (AvgIpc) is 3.07. The Morgan fingerprint density at radius 1 is 1.12 bits per heavy atom. The first-order chi connectivity index (χ1) is 12.7. The molecule has 0 bridgehead atoms. The van der Waals surface area contributed by atoms with Gasteiger partial charge in [-0.05, 0) is 42.5 Å². The van der Waals surface area contributed by atoms with E-state index in [-0.39, 0.29) is 0 Å². The maximum Gasteiger partial charge on any atom is 0.163 e. The van der Waals surface area contributed by atoms with Crippen LogP contribution in [-0.4, -0.2) is 26.1 Å². The van der Waals surface area contributed by atoms with E-state index in [4.69, 9.17) is 16.6 Å². The molecule has 0 radical (unpaired) electrons. The third-order valence-electron chi connectivity index (χ3n) is 4.30. The molecule has 0 saturated heterocycles. The highest BCUT2D eigenvalue weighted by Gasteiger charge is 2.10. The van der Waals surface area contributed by atoms with Crippen molar-refractivity contribution in [3.63, 3.8) is 0 Å². The second-order valence-electron chi connectivity index (χ2n) is 6.09. The average molecular weight is 364 g/mol. The summed E-state index contributed by atoms with van der Waals surface area (Å²) in [5.74, 6) is 1.43. The molecule has 26 heavy (non-hydrogen) atoms. The molecule has 0 unspecified atom stereocenters. The van der Waals surface area contributed by atoms with Gasteiger partial charge >= 0.3 is 0 Å². The number of halogens is 1. The van der Waals surface area contributed by atoms with Gasteiger partial charge in [-0.3, -0.25) is 4.98 Å². The van der Waals surface area contributed by atoms with Gasteiger partial charge in [0.05, 0.1) is 5.52 Å². The second-order valence-corrected chi connectivity index (χ2v) is 6.52. The Kier molecular flexibility index (Phi) is 4.54. The number of hydrogen-bond donors (Lipinski definition) is 1. The Hall–Kier alpha value is -2.92. The summed E-state index contributed by atoms with van der Waals surface area (Å²) in [6, 6.07) is 13.7. The van der Waals surface area contributed by atoms with Gasteiger partial charge in [0.15, 0.2) is 5.82 Å². The molecular formula is C20H18ClN5. The number of hydrogen-bond acceptors (Lipinski definition) is 4. The van der Waals surface area contributed by atoms with Crippen molar-refractivity contribution in [1.29, 1.82) is 0 Å². The molecule has 1 N–H and O–H groups in total. The molecule has 1 aromatic carbocycles. The second kappa shape index (κ2) is 7.14. The lowest BCUT2D eigenvalue weighted by Gasteiger charge is -2.11. The molecule has 0 aliphatic rings. The first kappa shape index (κ1) is 16.5. The van der Waals surface area contributed by atoms with Crippen molar-refractivity contribution in [3.8, 4) is 11.4 Å². The van der Waals surface area contributed by atoms with Crippen molar-refractivity contribution in [1.82, 2.24) is 19.5 Å². The molecule has 6 heteroatoms. The van der Waals surface area contributed by atoms with Gasteiger partial charge in [-0.15, -0.1) is 0 Å². The van der Waals surface area contributed by atoms with Gasteiger partial charge in [-0.1, -0.05) is 11.6 Å². The van der Waals surface area contributed by atoms with Crippen molar-refractivity contribution in [2.45, 2.75) is 6.42 Å². The summed E-state index contributed by atoms with van der Waals surface area (Å²) in [6.45, 7) is 0.767. The highest BCUT2D eigenvalue weighted by molar-refractivity contribution is 6.31. The van der Waals surface area contributed by atoms with Crippen LogP contribution in [0.2, 0.25) is 5.02 Å². The van der Waals surface area contributed by atoms with Crippen LogP contribution < -0.4 is 5.32 Å². The fraction of sp³-hybridized carbons (Fsp3) is 0.150. The van der Waals surface area contributed by atoms with Gasteiger partial charge in [-0.25, -0.2) is 9.97 Å². The highest BCUT2D eigenvalue weighted by atomic mass is 35.5. The Labute approximate surface area is 156 Å². The third-order valence-corrected chi connectivity index (χ3v) is 4.54. The lowest BCUT2D eigenvalue weighted by atomic mass is 10.2. The van der Waals surface area contributed by atoms with E-state index in [9.17, 15) is 0 Å². The maximum atomic E-state index is 6.19. The van der Waals surface area contributed by atoms with Crippen molar-refractivity contribution in [3.05, 3.63) is 71.8 Å². The molecule has 0 aliphatic carbocycles. The molecular weight excluding hydrogens is 346 g/mol. The Bertz CT molecular complexity index is 1040. The lowest BCUT2D eigenvalue weighted by molar-refractivity contribution is 0.818. The minimum atomic E-state index is 0.647. The fourth-order valence-electron chi connectivity index (χ4n) is 2.92. The van der Waals surface area contributed by atoms with Crippen LogP contribution in [-0.2, 0) is 13.5 Å². The zero-order valence-electron chi connectivity index (χ0n) is 14.4. The zero-order valence-corrected chi connectivity index (χ0v) is 15.1. The monoisotopic (exact) mass is 363 g/mol. The molecule has 4 aromatic rings. The van der Waals surface area contributed by atoms with Gasteiger partial charge in [-0.2, -0.15) is 0 Å². The number of nitrogens with zero attached hydrogens (tertiary/aromatic N) is 4. The number of pyridine rings is 1. The molecule has 130 valence electrons. The van der Waals surface area contributed by atoms with E-state index >= 15 is 0 Å². The van der Waals surface area contributed by atoms with Gasteiger partial charge in [0.25, 0.3) is 0 Å². The quantitative estimate of drug-likeness (QED) is 0.573. The van der Waals surface area contributed by atoms with Crippen LogP contribution in [0.25, 0.3) is 22.3 Å². The van der Waals surface area contributed by atoms with Crippen molar-refractivity contribution in [2.24, 2.45) is 7.05 Å². The van der Waals surface area contributed by atoms with Gasteiger partial charge in [0, 0.05) is 60.3 Å². The third kappa shape index (κ3) is 3.39. The molecule has 0 fully saturated rings. The van der Waals surface area contributed by atoms with Crippen LogP contribution in [0.3, 0.4) is 0 Å². The van der Waals surface area contributed by atoms with Gasteiger partial charge < -0.3 is 9.88 Å². The SMILES string of the molecule is Cn1cccc1CCNc1nc(-c2cccnc2)nc2ccc(Cl)cc12. The number of nitrogens with one attached hydrogen (secondary N) is 1. The molecule has 5 nitrogen and oxygen atoms in total. The smallest absolute Gasteiger partial charge is 0.163 e. The Morgan fingerprint density at radius 2 is 2.04 bits per heavy atom. The van der Waals surface area contributed by atoms with E-state index in [1.165, 1.54) is 5.69 Å². The van der Waals surface area contributed by atoms with Crippen LogP contribution in [0.15, 0.2) is 61.1 Å². The zero-order chi connectivity index (χ0) is 17.9. The molecule has 3 aromatic heterocycles. The van der Waals surface area contributed by atoms with Crippen molar-refractivity contribution >= 4 is 28.3 Å². The van der Waals surface area contributed by atoms with E-state index in [0.29, 0.717) is 10.8 Å². The number of aryl methyl sites for hydroxylation is 1. The summed E-state index contributed by atoms with van der Waals surface area (Å²) >= 11 is 6.19. The molecule has 4 rings (SSSR count). The first-order valence-electron chi connectivity index (χ1n) is 8.42. The van der Waals surface area contributed by atoms with E-state index in [2.05, 4.69) is 45.2 Å². The molecule has 0 spiro atoms. The summed E-state index contributed by atoms with van der Waals surface area (Å²) in [7, 11) is 2.05. The van der Waals surface area contributed by atoms with Gasteiger partial charge in [0.2, 0.25) is 0 Å². The van der Waals surface area contributed by atoms with Crippen LogP contribution in [0, 0.1) is 0 Å². The Balaban J connectivity index is 1.68. The summed E-state index contributed by atoms with van der Waals surface area (Å²) in [4.78, 5) is 13.6. The highest BCUT2D eigenvalue weighted by Crippen LogP contribution is 2.27. The normalized spacial score (nSPS) is 11.0. The number of rotatable bonds is 5. The molecule has 3 heterocycles. The topological polar surface area (TPSA) is 55.6 Å².